The van der Waals surface area contributed by atoms with E-state index in [9.17, 15) is 9.18 Å². The third-order valence-corrected chi connectivity index (χ3v) is 6.20. The van der Waals surface area contributed by atoms with Crippen LogP contribution in [-0.2, 0) is 6.54 Å². The minimum absolute atomic E-state index is 0.0451. The number of likely N-dealkylation sites (tertiary alicyclic amines) is 1. The van der Waals surface area contributed by atoms with Crippen molar-refractivity contribution < 1.29 is 9.18 Å². The first-order valence-corrected chi connectivity index (χ1v) is 10.4. The summed E-state index contributed by atoms with van der Waals surface area (Å²) in [7, 11) is 0. The van der Waals surface area contributed by atoms with Crippen LogP contribution < -0.4 is 0 Å². The van der Waals surface area contributed by atoms with Crippen LogP contribution in [0, 0.1) is 11.7 Å². The van der Waals surface area contributed by atoms with Crippen molar-refractivity contribution in [2.45, 2.75) is 32.4 Å². The number of carbonyl (C=O) groups excluding carboxylic acids is 1. The van der Waals surface area contributed by atoms with Gasteiger partial charge in [0, 0.05) is 47.5 Å². The van der Waals surface area contributed by atoms with Gasteiger partial charge in [-0.3, -0.25) is 14.9 Å². The van der Waals surface area contributed by atoms with Crippen LogP contribution in [0.2, 0.25) is 0 Å². The summed E-state index contributed by atoms with van der Waals surface area (Å²) in [5.41, 5.74) is 3.19. The van der Waals surface area contributed by atoms with Crippen LogP contribution in [0.4, 0.5) is 4.39 Å². The van der Waals surface area contributed by atoms with E-state index in [1.165, 1.54) is 12.1 Å². The number of hydrogen-bond acceptors (Lipinski definition) is 3. The fraction of sp³-hybridized carbons (Fsp3) is 0.292. The van der Waals surface area contributed by atoms with Crippen LogP contribution in [-0.4, -0.2) is 42.6 Å². The summed E-state index contributed by atoms with van der Waals surface area (Å²) in [6.07, 6.45) is 8.49. The molecule has 1 aliphatic rings. The van der Waals surface area contributed by atoms with Crippen molar-refractivity contribution in [2.75, 3.05) is 6.54 Å². The van der Waals surface area contributed by atoms with Gasteiger partial charge in [0.1, 0.15) is 5.82 Å². The van der Waals surface area contributed by atoms with E-state index in [0.717, 1.165) is 35.1 Å². The van der Waals surface area contributed by atoms with Crippen molar-refractivity contribution in [1.82, 2.24) is 24.6 Å². The fourth-order valence-corrected chi connectivity index (χ4v) is 4.69. The molecule has 0 aliphatic carbocycles. The van der Waals surface area contributed by atoms with Gasteiger partial charge >= 0.3 is 0 Å². The van der Waals surface area contributed by atoms with Gasteiger partial charge in [0.15, 0.2) is 0 Å². The molecule has 1 aromatic carbocycles. The molecule has 7 heteroatoms. The Labute approximate surface area is 179 Å². The van der Waals surface area contributed by atoms with Gasteiger partial charge in [-0.15, -0.1) is 0 Å². The number of pyridine rings is 1. The Morgan fingerprint density at radius 3 is 2.77 bits per heavy atom. The molecule has 0 radical (unpaired) electrons. The van der Waals surface area contributed by atoms with Crippen molar-refractivity contribution in [3.63, 3.8) is 0 Å². The SMILES string of the molecule is CC1(C)CC(Cn2ccc3cc(-c4cn[nH]c4)ncc32)CN1C(=O)c1ccc(F)cc1. The molecule has 1 aliphatic heterocycles. The molecule has 3 aromatic heterocycles. The lowest BCUT2D eigenvalue weighted by Crippen LogP contribution is -2.42. The topological polar surface area (TPSA) is 66.8 Å². The maximum Gasteiger partial charge on any atom is 0.254 e. The third-order valence-electron chi connectivity index (χ3n) is 6.20. The summed E-state index contributed by atoms with van der Waals surface area (Å²) in [4.78, 5) is 19.6. The van der Waals surface area contributed by atoms with Gasteiger partial charge in [-0.1, -0.05) is 0 Å². The summed E-state index contributed by atoms with van der Waals surface area (Å²) in [5.74, 6) is -0.0565. The molecular weight excluding hydrogens is 393 g/mol. The Hall–Kier alpha value is -3.48. The Morgan fingerprint density at radius 2 is 2.03 bits per heavy atom. The lowest BCUT2D eigenvalue weighted by atomic mass is 9.96. The number of carbonyl (C=O) groups is 1. The summed E-state index contributed by atoms with van der Waals surface area (Å²) >= 11 is 0. The molecule has 1 fully saturated rings. The highest BCUT2D eigenvalue weighted by atomic mass is 19.1. The normalized spacial score (nSPS) is 18.0. The van der Waals surface area contributed by atoms with Crippen LogP contribution in [0.3, 0.4) is 0 Å². The van der Waals surface area contributed by atoms with E-state index in [2.05, 4.69) is 51.9 Å². The molecule has 158 valence electrons. The van der Waals surface area contributed by atoms with Gasteiger partial charge in [-0.05, 0) is 62.6 Å². The van der Waals surface area contributed by atoms with Gasteiger partial charge in [-0.25, -0.2) is 4.39 Å². The number of H-pyrrole nitrogens is 1. The van der Waals surface area contributed by atoms with E-state index >= 15 is 0 Å². The molecule has 4 heterocycles. The van der Waals surface area contributed by atoms with E-state index in [-0.39, 0.29) is 17.3 Å². The molecular formula is C24H24FN5O. The predicted octanol–water partition coefficient (Wildman–Crippen LogP) is 4.51. The lowest BCUT2D eigenvalue weighted by molar-refractivity contribution is 0.0649. The summed E-state index contributed by atoms with van der Waals surface area (Å²) in [6.45, 7) is 5.68. The second-order valence-corrected chi connectivity index (χ2v) is 8.89. The smallest absolute Gasteiger partial charge is 0.254 e. The van der Waals surface area contributed by atoms with Crippen LogP contribution >= 0.6 is 0 Å². The molecule has 0 spiro atoms. The average Bonchev–Trinajstić information content (AvgIpc) is 3.47. The third kappa shape index (κ3) is 3.60. The monoisotopic (exact) mass is 417 g/mol. The van der Waals surface area contributed by atoms with E-state index < -0.39 is 0 Å². The van der Waals surface area contributed by atoms with Crippen LogP contribution in [0.15, 0.2) is 61.2 Å². The maximum atomic E-state index is 13.2. The second-order valence-electron chi connectivity index (χ2n) is 8.89. The number of fused-ring (bicyclic) bond motifs is 1. The molecule has 5 rings (SSSR count). The minimum atomic E-state index is -0.334. The Morgan fingerprint density at radius 1 is 1.23 bits per heavy atom. The van der Waals surface area contributed by atoms with E-state index in [1.54, 1.807) is 18.3 Å². The van der Waals surface area contributed by atoms with E-state index in [1.807, 2.05) is 17.3 Å². The highest BCUT2D eigenvalue weighted by Gasteiger charge is 2.41. The lowest BCUT2D eigenvalue weighted by Gasteiger charge is -2.31. The average molecular weight is 417 g/mol. The Kier molecular flexibility index (Phi) is 4.61. The van der Waals surface area contributed by atoms with Crippen LogP contribution in [0.5, 0.6) is 0 Å². The number of rotatable bonds is 4. The number of aromatic nitrogens is 4. The van der Waals surface area contributed by atoms with Crippen molar-refractivity contribution >= 4 is 16.8 Å². The molecule has 1 unspecified atom stereocenters. The number of benzene rings is 1. The molecule has 4 aromatic rings. The highest BCUT2D eigenvalue weighted by molar-refractivity contribution is 5.95. The molecule has 0 saturated carbocycles. The van der Waals surface area contributed by atoms with Crippen molar-refractivity contribution in [1.29, 1.82) is 0 Å². The zero-order valence-electron chi connectivity index (χ0n) is 17.5. The standard InChI is InChI=1S/C24H24FN5O/c1-24(2)10-16(15-30(24)23(31)17-3-5-20(25)6-4-17)14-29-8-7-18-9-21(26-13-22(18)29)19-11-27-28-12-19/h3-9,11-13,16H,10,14-15H2,1-2H3,(H,27,28). The molecule has 1 amide bonds. The number of nitrogens with zero attached hydrogens (tertiary/aromatic N) is 4. The van der Waals surface area contributed by atoms with Crippen molar-refractivity contribution in [3.05, 3.63) is 72.6 Å². The molecule has 31 heavy (non-hydrogen) atoms. The van der Waals surface area contributed by atoms with Gasteiger partial charge in [0.25, 0.3) is 5.91 Å². The van der Waals surface area contributed by atoms with Gasteiger partial charge < -0.3 is 9.47 Å². The predicted molar refractivity (Wildman–Crippen MR) is 117 cm³/mol. The molecule has 6 nitrogen and oxygen atoms in total. The largest absolute Gasteiger partial charge is 0.346 e. The highest BCUT2D eigenvalue weighted by Crippen LogP contribution is 2.35. The fourth-order valence-electron chi connectivity index (χ4n) is 4.69. The van der Waals surface area contributed by atoms with E-state index in [0.29, 0.717) is 18.0 Å². The number of hydrogen-bond donors (Lipinski definition) is 1. The number of nitrogens with one attached hydrogen (secondary N) is 1. The molecule has 0 bridgehead atoms. The number of amides is 1. The van der Waals surface area contributed by atoms with Crippen LogP contribution in [0.25, 0.3) is 22.2 Å². The summed E-state index contributed by atoms with van der Waals surface area (Å²) in [6, 6.07) is 9.96. The second kappa shape index (κ2) is 7.34. The van der Waals surface area contributed by atoms with E-state index in [4.69, 9.17) is 0 Å². The molecule has 1 saturated heterocycles. The summed E-state index contributed by atoms with van der Waals surface area (Å²) in [5, 5.41) is 7.94. The number of aromatic amines is 1. The minimum Gasteiger partial charge on any atom is -0.346 e. The summed E-state index contributed by atoms with van der Waals surface area (Å²) < 4.78 is 15.5. The first-order valence-electron chi connectivity index (χ1n) is 10.4. The first kappa shape index (κ1) is 19.5. The first-order chi connectivity index (χ1) is 14.9. The van der Waals surface area contributed by atoms with Gasteiger partial charge in [0.05, 0.1) is 23.6 Å². The number of halogens is 1. The van der Waals surface area contributed by atoms with Gasteiger partial charge in [-0.2, -0.15) is 5.10 Å². The zero-order valence-corrected chi connectivity index (χ0v) is 17.5. The van der Waals surface area contributed by atoms with Crippen molar-refractivity contribution in [3.8, 4) is 11.3 Å². The Bertz CT molecular complexity index is 1230. The molecule has 1 atom stereocenters. The van der Waals surface area contributed by atoms with Crippen LogP contribution in [0.1, 0.15) is 30.6 Å². The zero-order chi connectivity index (χ0) is 21.6. The quantitative estimate of drug-likeness (QED) is 0.531. The Balaban J connectivity index is 1.35. The maximum absolute atomic E-state index is 13.2. The van der Waals surface area contributed by atoms with Gasteiger partial charge in [0.2, 0.25) is 0 Å². The van der Waals surface area contributed by atoms with Crippen molar-refractivity contribution in [2.24, 2.45) is 5.92 Å². The molecule has 1 N–H and O–H groups in total.